The van der Waals surface area contributed by atoms with Crippen LogP contribution in [0.1, 0.15) is 10.4 Å². The maximum atomic E-state index is 12.8. The van der Waals surface area contributed by atoms with E-state index in [-0.39, 0.29) is 0 Å². The van der Waals surface area contributed by atoms with Gasteiger partial charge in [0.05, 0.1) is 12.6 Å². The molecule has 0 atom stereocenters. The Balaban J connectivity index is 1.93. The van der Waals surface area contributed by atoms with E-state index in [1.165, 1.54) is 23.7 Å². The van der Waals surface area contributed by atoms with Gasteiger partial charge < -0.3 is 9.72 Å². The SMILES string of the molecule is C=C/C=C(\C(=C)Cl)c1cc2[nH]c(=O)n(/C=C/N=Cc3ccc(OC)cc3)c(=O)c2s1. The van der Waals surface area contributed by atoms with E-state index in [4.69, 9.17) is 16.3 Å². The molecule has 8 heteroatoms. The Bertz CT molecular complexity index is 1310. The first kappa shape index (κ1) is 21.3. The Morgan fingerprint density at radius 1 is 1.30 bits per heavy atom. The van der Waals surface area contributed by atoms with Crippen LogP contribution in [0.15, 0.2) is 81.5 Å². The van der Waals surface area contributed by atoms with E-state index in [1.54, 1.807) is 31.5 Å². The molecule has 0 saturated carbocycles. The summed E-state index contributed by atoms with van der Waals surface area (Å²) in [6.07, 6.45) is 7.59. The minimum atomic E-state index is -0.563. The zero-order valence-electron chi connectivity index (χ0n) is 16.1. The Morgan fingerprint density at radius 2 is 2.03 bits per heavy atom. The first-order valence-electron chi connectivity index (χ1n) is 8.74. The Labute approximate surface area is 181 Å². The van der Waals surface area contributed by atoms with Gasteiger partial charge in [0.2, 0.25) is 0 Å². The Kier molecular flexibility index (Phi) is 6.66. The molecule has 0 aliphatic carbocycles. The number of allylic oxidation sites excluding steroid dienone is 4. The number of aromatic nitrogens is 2. The van der Waals surface area contributed by atoms with Gasteiger partial charge in [-0.2, -0.15) is 0 Å². The molecule has 0 unspecified atom stereocenters. The third kappa shape index (κ3) is 4.59. The predicted octanol–water partition coefficient (Wildman–Crippen LogP) is 4.63. The number of aliphatic imine (C=N–C) groups is 1. The third-order valence-corrected chi connectivity index (χ3v) is 5.45. The van der Waals surface area contributed by atoms with Gasteiger partial charge in [-0.05, 0) is 35.9 Å². The number of benzene rings is 1. The van der Waals surface area contributed by atoms with Crippen LogP contribution >= 0.6 is 22.9 Å². The molecule has 2 heterocycles. The Hall–Kier alpha value is -3.42. The summed E-state index contributed by atoms with van der Waals surface area (Å²) in [5.41, 5.74) is 0.914. The molecule has 0 aliphatic rings. The number of methoxy groups -OCH3 is 1. The maximum absolute atomic E-state index is 12.8. The first-order chi connectivity index (χ1) is 14.4. The largest absolute Gasteiger partial charge is 0.497 e. The monoisotopic (exact) mass is 439 g/mol. The van der Waals surface area contributed by atoms with Crippen LogP contribution in [0.2, 0.25) is 0 Å². The van der Waals surface area contributed by atoms with E-state index in [0.717, 1.165) is 15.9 Å². The number of H-pyrrole nitrogens is 1. The van der Waals surface area contributed by atoms with Crippen molar-refractivity contribution in [3.05, 3.63) is 98.2 Å². The quantitative estimate of drug-likeness (QED) is 0.430. The van der Waals surface area contributed by atoms with Crippen molar-refractivity contribution in [3.8, 4) is 5.75 Å². The number of ether oxygens (including phenoxy) is 1. The molecule has 0 radical (unpaired) electrons. The van der Waals surface area contributed by atoms with E-state index in [1.807, 2.05) is 24.3 Å². The molecule has 0 aliphatic heterocycles. The highest BCUT2D eigenvalue weighted by atomic mass is 35.5. The number of fused-ring (bicyclic) bond motifs is 1. The number of nitrogens with zero attached hydrogens (tertiary/aromatic N) is 2. The van der Waals surface area contributed by atoms with Crippen LogP contribution in [0.25, 0.3) is 22.0 Å². The number of nitrogens with one attached hydrogen (secondary N) is 1. The topological polar surface area (TPSA) is 76.4 Å². The molecular formula is C22H18ClN3O3S. The number of rotatable bonds is 7. The van der Waals surface area contributed by atoms with Gasteiger partial charge in [0, 0.05) is 34.1 Å². The van der Waals surface area contributed by atoms with E-state index < -0.39 is 11.2 Å². The van der Waals surface area contributed by atoms with E-state index in [9.17, 15) is 9.59 Å². The molecule has 1 N–H and O–H groups in total. The summed E-state index contributed by atoms with van der Waals surface area (Å²) >= 11 is 7.26. The molecule has 3 rings (SSSR count). The number of halogens is 1. The number of hydrogen-bond acceptors (Lipinski definition) is 5. The van der Waals surface area contributed by atoms with Gasteiger partial charge in [-0.1, -0.05) is 36.9 Å². The third-order valence-electron chi connectivity index (χ3n) is 4.09. The second kappa shape index (κ2) is 9.39. The molecule has 6 nitrogen and oxygen atoms in total. The van der Waals surface area contributed by atoms with Crippen molar-refractivity contribution >= 4 is 51.1 Å². The average Bonchev–Trinajstić information content (AvgIpc) is 3.15. The molecule has 152 valence electrons. The predicted molar refractivity (Wildman–Crippen MR) is 126 cm³/mol. The lowest BCUT2D eigenvalue weighted by Gasteiger charge is -1.99. The summed E-state index contributed by atoms with van der Waals surface area (Å²) < 4.78 is 6.47. The highest BCUT2D eigenvalue weighted by molar-refractivity contribution is 7.20. The van der Waals surface area contributed by atoms with Gasteiger partial charge in [0.25, 0.3) is 5.56 Å². The zero-order chi connectivity index (χ0) is 21.7. The summed E-state index contributed by atoms with van der Waals surface area (Å²) in [5, 5.41) is 0.317. The summed E-state index contributed by atoms with van der Waals surface area (Å²) in [6.45, 7) is 7.39. The molecule has 0 spiro atoms. The van der Waals surface area contributed by atoms with Crippen LogP contribution in [0.3, 0.4) is 0 Å². The summed E-state index contributed by atoms with van der Waals surface area (Å²) in [5.74, 6) is 0.744. The molecule has 0 amide bonds. The minimum absolute atomic E-state index is 0.317. The molecule has 0 fully saturated rings. The second-order valence-electron chi connectivity index (χ2n) is 6.03. The van der Waals surface area contributed by atoms with Crippen molar-refractivity contribution in [2.75, 3.05) is 7.11 Å². The van der Waals surface area contributed by atoms with E-state index in [0.29, 0.717) is 25.7 Å². The number of aromatic amines is 1. The molecule has 0 saturated heterocycles. The molecule has 2 aromatic heterocycles. The zero-order valence-corrected chi connectivity index (χ0v) is 17.7. The summed E-state index contributed by atoms with van der Waals surface area (Å²) in [6, 6.07) is 9.00. The standard InChI is InChI=1S/C22H18ClN3O3S/c1-4-5-17(14(2)23)19-12-18-20(30-19)21(27)26(22(28)25-18)11-10-24-13-15-6-8-16(29-3)9-7-15/h4-13H,1-2H2,3H3,(H,25,28)/b11-10+,17-5+,24-13?. The first-order valence-corrected chi connectivity index (χ1v) is 9.94. The number of hydrogen-bond donors (Lipinski definition) is 1. The fourth-order valence-electron chi connectivity index (χ4n) is 2.64. The van der Waals surface area contributed by atoms with Gasteiger partial charge in [0.15, 0.2) is 0 Å². The fraction of sp³-hybridized carbons (Fsp3) is 0.0455. The molecular weight excluding hydrogens is 422 g/mol. The fourth-order valence-corrected chi connectivity index (χ4v) is 3.96. The van der Waals surface area contributed by atoms with Crippen molar-refractivity contribution in [2.45, 2.75) is 0 Å². The van der Waals surface area contributed by atoms with Gasteiger partial charge in [0.1, 0.15) is 10.4 Å². The van der Waals surface area contributed by atoms with Crippen molar-refractivity contribution in [1.82, 2.24) is 9.55 Å². The summed E-state index contributed by atoms with van der Waals surface area (Å²) in [7, 11) is 1.59. The average molecular weight is 440 g/mol. The molecule has 30 heavy (non-hydrogen) atoms. The van der Waals surface area contributed by atoms with E-state index >= 15 is 0 Å². The lowest BCUT2D eigenvalue weighted by molar-refractivity contribution is 0.415. The van der Waals surface area contributed by atoms with Crippen molar-refractivity contribution in [2.24, 2.45) is 4.99 Å². The van der Waals surface area contributed by atoms with Crippen LogP contribution in [0.4, 0.5) is 0 Å². The van der Waals surface area contributed by atoms with Crippen LogP contribution in [-0.4, -0.2) is 22.9 Å². The Morgan fingerprint density at radius 3 is 2.67 bits per heavy atom. The highest BCUT2D eigenvalue weighted by Gasteiger charge is 2.13. The van der Waals surface area contributed by atoms with Gasteiger partial charge in [-0.15, -0.1) is 11.3 Å². The molecule has 1 aromatic carbocycles. The van der Waals surface area contributed by atoms with E-state index in [2.05, 4.69) is 23.1 Å². The van der Waals surface area contributed by atoms with Crippen molar-refractivity contribution in [1.29, 1.82) is 0 Å². The molecule has 3 aromatic rings. The van der Waals surface area contributed by atoms with Crippen LogP contribution in [0, 0.1) is 0 Å². The van der Waals surface area contributed by atoms with Gasteiger partial charge in [-0.3, -0.25) is 9.79 Å². The normalized spacial score (nSPS) is 12.1. The lowest BCUT2D eigenvalue weighted by atomic mass is 10.2. The van der Waals surface area contributed by atoms with Crippen LogP contribution in [-0.2, 0) is 0 Å². The van der Waals surface area contributed by atoms with Crippen LogP contribution in [0.5, 0.6) is 5.75 Å². The highest BCUT2D eigenvalue weighted by Crippen LogP contribution is 2.32. The summed E-state index contributed by atoms with van der Waals surface area (Å²) in [4.78, 5) is 32.7. The van der Waals surface area contributed by atoms with Gasteiger partial charge >= 0.3 is 5.69 Å². The lowest BCUT2D eigenvalue weighted by Crippen LogP contribution is -2.30. The number of thiophene rings is 1. The smallest absolute Gasteiger partial charge is 0.333 e. The maximum Gasteiger partial charge on any atom is 0.333 e. The van der Waals surface area contributed by atoms with Crippen molar-refractivity contribution in [3.63, 3.8) is 0 Å². The molecule has 0 bridgehead atoms. The minimum Gasteiger partial charge on any atom is -0.497 e. The second-order valence-corrected chi connectivity index (χ2v) is 7.54. The van der Waals surface area contributed by atoms with Gasteiger partial charge in [-0.25, -0.2) is 9.36 Å². The van der Waals surface area contributed by atoms with Crippen molar-refractivity contribution < 1.29 is 4.74 Å². The van der Waals surface area contributed by atoms with Crippen LogP contribution < -0.4 is 16.0 Å².